The summed E-state index contributed by atoms with van der Waals surface area (Å²) >= 11 is 0. The van der Waals surface area contributed by atoms with Crippen LogP contribution < -0.4 is 16.0 Å². The molecule has 0 atom stereocenters. The van der Waals surface area contributed by atoms with Gasteiger partial charge < -0.3 is 20.9 Å². The molecule has 0 bridgehead atoms. The minimum Gasteiger partial charge on any atom is -0.339 e. The number of aryl methyl sites for hydroxylation is 1. The molecule has 2 aromatic carbocycles. The predicted molar refractivity (Wildman–Crippen MR) is 108 cm³/mol. The maximum atomic E-state index is 12.3. The number of carbonyl (C=O) groups is 3. The lowest BCUT2D eigenvalue weighted by atomic mass is 10.2. The van der Waals surface area contributed by atoms with Crippen LogP contribution in [0, 0.1) is 6.92 Å². The molecule has 0 saturated carbocycles. The number of rotatable bonds is 5. The minimum atomic E-state index is -0.452. The summed E-state index contributed by atoms with van der Waals surface area (Å²) in [7, 11) is 0. The van der Waals surface area contributed by atoms with E-state index in [0.717, 1.165) is 31.5 Å². The lowest BCUT2D eigenvalue weighted by Crippen LogP contribution is -2.35. The SMILES string of the molecule is Cc1cccc(NC(=O)NCC(=O)Nc2ccc(C(=O)N3CCCC3)cc2)c1. The predicted octanol–water partition coefficient (Wildman–Crippen LogP) is 2.99. The topological polar surface area (TPSA) is 90.5 Å². The van der Waals surface area contributed by atoms with E-state index in [1.165, 1.54) is 0 Å². The fourth-order valence-electron chi connectivity index (χ4n) is 3.06. The first kappa shape index (κ1) is 19.4. The molecule has 4 amide bonds. The second-order valence-electron chi connectivity index (χ2n) is 6.80. The van der Waals surface area contributed by atoms with Crippen molar-refractivity contribution in [2.24, 2.45) is 0 Å². The van der Waals surface area contributed by atoms with Crippen molar-refractivity contribution in [1.29, 1.82) is 0 Å². The molecular formula is C21H24N4O3. The Balaban J connectivity index is 1.45. The molecule has 2 aromatic rings. The van der Waals surface area contributed by atoms with Crippen LogP contribution in [0.5, 0.6) is 0 Å². The van der Waals surface area contributed by atoms with Crippen molar-refractivity contribution >= 4 is 29.2 Å². The highest BCUT2D eigenvalue weighted by Crippen LogP contribution is 2.15. The summed E-state index contributed by atoms with van der Waals surface area (Å²) in [6, 6.07) is 13.7. The third kappa shape index (κ3) is 5.33. The molecular weight excluding hydrogens is 356 g/mol. The fraction of sp³-hybridized carbons (Fsp3) is 0.286. The van der Waals surface area contributed by atoms with Crippen LogP contribution in [-0.4, -0.2) is 42.4 Å². The summed E-state index contributed by atoms with van der Waals surface area (Å²) in [4.78, 5) is 38.1. The minimum absolute atomic E-state index is 0.0184. The van der Waals surface area contributed by atoms with Crippen molar-refractivity contribution in [2.75, 3.05) is 30.3 Å². The zero-order chi connectivity index (χ0) is 19.9. The summed E-state index contributed by atoms with van der Waals surface area (Å²) in [5, 5.41) is 7.89. The highest BCUT2D eigenvalue weighted by molar-refractivity contribution is 5.98. The lowest BCUT2D eigenvalue weighted by molar-refractivity contribution is -0.115. The van der Waals surface area contributed by atoms with E-state index in [-0.39, 0.29) is 18.4 Å². The standard InChI is InChI=1S/C21H24N4O3/c1-15-5-4-6-18(13-15)24-21(28)22-14-19(26)23-17-9-7-16(8-10-17)20(27)25-11-2-3-12-25/h4-10,13H,2-3,11-12,14H2,1H3,(H,23,26)(H2,22,24,28). The molecule has 7 nitrogen and oxygen atoms in total. The molecule has 0 unspecified atom stereocenters. The highest BCUT2D eigenvalue weighted by Gasteiger charge is 2.19. The van der Waals surface area contributed by atoms with Crippen molar-refractivity contribution in [3.63, 3.8) is 0 Å². The molecule has 1 aliphatic rings. The van der Waals surface area contributed by atoms with Crippen molar-refractivity contribution in [3.8, 4) is 0 Å². The van der Waals surface area contributed by atoms with Gasteiger partial charge in [-0.05, 0) is 61.7 Å². The van der Waals surface area contributed by atoms with E-state index in [4.69, 9.17) is 0 Å². The first-order valence-electron chi connectivity index (χ1n) is 9.32. The summed E-state index contributed by atoms with van der Waals surface area (Å²) < 4.78 is 0. The Hall–Kier alpha value is -3.35. The summed E-state index contributed by atoms with van der Waals surface area (Å²) in [6.45, 7) is 3.37. The normalized spacial score (nSPS) is 13.1. The Kier molecular flexibility index (Phi) is 6.26. The largest absolute Gasteiger partial charge is 0.339 e. The van der Waals surface area contributed by atoms with E-state index in [9.17, 15) is 14.4 Å². The van der Waals surface area contributed by atoms with Gasteiger partial charge in [-0.15, -0.1) is 0 Å². The van der Waals surface area contributed by atoms with E-state index >= 15 is 0 Å². The van der Waals surface area contributed by atoms with Crippen LogP contribution in [0.4, 0.5) is 16.2 Å². The Bertz CT molecular complexity index is 858. The third-order valence-electron chi connectivity index (χ3n) is 4.49. The molecule has 3 rings (SSSR count). The van der Waals surface area contributed by atoms with Crippen molar-refractivity contribution < 1.29 is 14.4 Å². The summed E-state index contributed by atoms with van der Waals surface area (Å²) in [5.41, 5.74) is 2.87. The van der Waals surface area contributed by atoms with Crippen LogP contribution >= 0.6 is 0 Å². The van der Waals surface area contributed by atoms with Gasteiger partial charge in [-0.3, -0.25) is 9.59 Å². The molecule has 1 fully saturated rings. The van der Waals surface area contributed by atoms with E-state index in [0.29, 0.717) is 16.9 Å². The smallest absolute Gasteiger partial charge is 0.319 e. The average molecular weight is 380 g/mol. The van der Waals surface area contributed by atoms with Gasteiger partial charge in [0.1, 0.15) is 0 Å². The fourth-order valence-corrected chi connectivity index (χ4v) is 3.06. The van der Waals surface area contributed by atoms with E-state index < -0.39 is 6.03 Å². The number of urea groups is 1. The molecule has 28 heavy (non-hydrogen) atoms. The maximum Gasteiger partial charge on any atom is 0.319 e. The van der Waals surface area contributed by atoms with Gasteiger partial charge in [0.2, 0.25) is 5.91 Å². The zero-order valence-corrected chi connectivity index (χ0v) is 15.8. The number of anilines is 2. The Morgan fingerprint density at radius 2 is 1.64 bits per heavy atom. The van der Waals surface area contributed by atoms with Gasteiger partial charge >= 0.3 is 6.03 Å². The average Bonchev–Trinajstić information content (AvgIpc) is 3.21. The number of likely N-dealkylation sites (tertiary alicyclic amines) is 1. The van der Waals surface area contributed by atoms with Gasteiger partial charge in [-0.1, -0.05) is 12.1 Å². The molecule has 0 spiro atoms. The van der Waals surface area contributed by atoms with Crippen LogP contribution in [0.15, 0.2) is 48.5 Å². The first-order valence-corrected chi connectivity index (χ1v) is 9.32. The van der Waals surface area contributed by atoms with Crippen molar-refractivity contribution in [2.45, 2.75) is 19.8 Å². The van der Waals surface area contributed by atoms with E-state index in [1.54, 1.807) is 30.3 Å². The number of hydrogen-bond acceptors (Lipinski definition) is 3. The van der Waals surface area contributed by atoms with Gasteiger partial charge in [0, 0.05) is 30.0 Å². The summed E-state index contributed by atoms with van der Waals surface area (Å²) in [5.74, 6) is -0.331. The molecule has 7 heteroatoms. The maximum absolute atomic E-state index is 12.3. The number of carbonyl (C=O) groups excluding carboxylic acids is 3. The molecule has 1 aliphatic heterocycles. The van der Waals surface area contributed by atoms with Crippen LogP contribution in [0.25, 0.3) is 0 Å². The van der Waals surface area contributed by atoms with Crippen LogP contribution in [-0.2, 0) is 4.79 Å². The quantitative estimate of drug-likeness (QED) is 0.745. The summed E-state index contributed by atoms with van der Waals surface area (Å²) in [6.07, 6.45) is 2.09. The second-order valence-corrected chi connectivity index (χ2v) is 6.80. The van der Waals surface area contributed by atoms with Gasteiger partial charge in [0.25, 0.3) is 5.91 Å². The Morgan fingerprint density at radius 3 is 2.32 bits per heavy atom. The van der Waals surface area contributed by atoms with Gasteiger partial charge in [-0.25, -0.2) is 4.79 Å². The van der Waals surface area contributed by atoms with Crippen LogP contribution in [0.1, 0.15) is 28.8 Å². The van der Waals surface area contributed by atoms with Gasteiger partial charge in [0.05, 0.1) is 6.54 Å². The molecule has 0 aromatic heterocycles. The van der Waals surface area contributed by atoms with Gasteiger partial charge in [0.15, 0.2) is 0 Å². The van der Waals surface area contributed by atoms with Gasteiger partial charge in [-0.2, -0.15) is 0 Å². The second kappa shape index (κ2) is 9.03. The molecule has 1 heterocycles. The number of hydrogen-bond donors (Lipinski definition) is 3. The Labute approximate surface area is 164 Å². The van der Waals surface area contributed by atoms with Crippen LogP contribution in [0.3, 0.4) is 0 Å². The number of benzene rings is 2. The van der Waals surface area contributed by atoms with Crippen molar-refractivity contribution in [3.05, 3.63) is 59.7 Å². The number of nitrogens with one attached hydrogen (secondary N) is 3. The van der Waals surface area contributed by atoms with E-state index in [2.05, 4.69) is 16.0 Å². The van der Waals surface area contributed by atoms with E-state index in [1.807, 2.05) is 30.0 Å². The number of nitrogens with zero attached hydrogens (tertiary/aromatic N) is 1. The molecule has 146 valence electrons. The zero-order valence-electron chi connectivity index (χ0n) is 15.8. The Morgan fingerprint density at radius 1 is 0.929 bits per heavy atom. The first-order chi connectivity index (χ1) is 13.5. The number of amides is 4. The monoisotopic (exact) mass is 380 g/mol. The molecule has 1 saturated heterocycles. The molecule has 3 N–H and O–H groups in total. The van der Waals surface area contributed by atoms with Crippen molar-refractivity contribution in [1.82, 2.24) is 10.2 Å². The lowest BCUT2D eigenvalue weighted by Gasteiger charge is -2.15. The van der Waals surface area contributed by atoms with Crippen LogP contribution in [0.2, 0.25) is 0 Å². The third-order valence-corrected chi connectivity index (χ3v) is 4.49. The highest BCUT2D eigenvalue weighted by atomic mass is 16.2. The molecule has 0 radical (unpaired) electrons. The molecule has 0 aliphatic carbocycles.